The number of rotatable bonds is 14. The molecule has 85 heavy (non-hydrogen) atoms. The van der Waals surface area contributed by atoms with Crippen molar-refractivity contribution in [3.63, 3.8) is 0 Å². The molecule has 0 aromatic heterocycles. The van der Waals surface area contributed by atoms with Crippen molar-refractivity contribution in [2.45, 2.75) is 261 Å². The fraction of sp³-hybridized carbons (Fsp3) is 0.932. The minimum atomic E-state index is -1.98. The predicted molar refractivity (Wildman–Crippen MR) is 287 cm³/mol. The van der Waals surface area contributed by atoms with Gasteiger partial charge in [-0.25, -0.2) is 0 Å². The van der Waals surface area contributed by atoms with Gasteiger partial charge in [0.25, 0.3) is 0 Å². The first kappa shape index (κ1) is 65.7. The van der Waals surface area contributed by atoms with Crippen LogP contribution < -0.4 is 0 Å². The van der Waals surface area contributed by atoms with Crippen molar-refractivity contribution in [3.8, 4) is 0 Å². The van der Waals surface area contributed by atoms with Gasteiger partial charge in [0, 0.05) is 12.3 Å². The summed E-state index contributed by atoms with van der Waals surface area (Å²) < 4.78 is 65.6. The molecular weight excluding hydrogens is 1120 g/mol. The summed E-state index contributed by atoms with van der Waals surface area (Å²) in [5.74, 6) is -1.60. The van der Waals surface area contributed by atoms with E-state index in [-0.39, 0.29) is 46.0 Å². The van der Waals surface area contributed by atoms with E-state index in [1.165, 1.54) is 12.5 Å². The Hall–Kier alpha value is -2.20. The lowest BCUT2D eigenvalue weighted by Crippen LogP contribution is -2.68. The van der Waals surface area contributed by atoms with Gasteiger partial charge in [-0.3, -0.25) is 9.59 Å². The van der Waals surface area contributed by atoms with Gasteiger partial charge in [-0.15, -0.1) is 0 Å². The molecule has 26 heteroatoms. The first-order valence-corrected chi connectivity index (χ1v) is 30.5. The van der Waals surface area contributed by atoms with Crippen LogP contribution in [-0.4, -0.2) is 253 Å². The third kappa shape index (κ3) is 11.4. The van der Waals surface area contributed by atoms with E-state index in [1.54, 1.807) is 0 Å². The highest BCUT2D eigenvalue weighted by atomic mass is 16.8. The van der Waals surface area contributed by atoms with Gasteiger partial charge in [0.05, 0.1) is 50.7 Å². The molecule has 5 heterocycles. The third-order valence-electron chi connectivity index (χ3n) is 22.8. The Morgan fingerprint density at radius 3 is 1.87 bits per heavy atom. The highest BCUT2D eigenvalue weighted by molar-refractivity contribution is 5.76. The quantitative estimate of drug-likeness (QED) is 0.0554. The number of carboxylic acids is 1. The molecule has 0 amide bonds. The zero-order valence-corrected chi connectivity index (χ0v) is 49.8. The fourth-order valence-electron chi connectivity index (χ4n) is 17.5. The van der Waals surface area contributed by atoms with Crippen molar-refractivity contribution in [2.24, 2.45) is 50.2 Å². The molecule has 10 aliphatic rings. The second-order valence-corrected chi connectivity index (χ2v) is 28.2. The summed E-state index contributed by atoms with van der Waals surface area (Å²) in [6, 6.07) is 0. The van der Waals surface area contributed by atoms with Gasteiger partial charge in [-0.1, -0.05) is 53.2 Å². The lowest BCUT2D eigenvalue weighted by molar-refractivity contribution is -0.395. The molecule has 486 valence electrons. The van der Waals surface area contributed by atoms with E-state index >= 15 is 0 Å². The molecule has 0 spiro atoms. The lowest BCUT2D eigenvalue weighted by Gasteiger charge is -2.71. The number of carboxylic acid groups (broad SMARTS) is 1. The van der Waals surface area contributed by atoms with Gasteiger partial charge < -0.3 is 118 Å². The van der Waals surface area contributed by atoms with Gasteiger partial charge in [-0.05, 0) is 111 Å². The van der Waals surface area contributed by atoms with Crippen LogP contribution in [0.3, 0.4) is 0 Å². The van der Waals surface area contributed by atoms with E-state index in [0.717, 1.165) is 39.0 Å². The summed E-state index contributed by atoms with van der Waals surface area (Å²) in [7, 11) is 0. The Bertz CT molecular complexity index is 2400. The van der Waals surface area contributed by atoms with E-state index in [0.29, 0.717) is 32.1 Å². The standard InChI is InChI=1S/C59H94O26/c1-25-44(83-49-43(72)45(80-26(2)61)31(64)22-76-49)40(69)42(71)50(79-25)84-46-37(66)30(63)21-77-51(46)85-47-39(68)38(67)32(23-78-48-41(70)36(65)29(62)20-75-48)81-52(47)82-35-12-13-55(5)33(56(35,6)24-60)11-14-58(8)34(55)10-9-27-28-19-54(3,4)15-17-59(28,53(73)74)18-16-57(27,58)7/h9,25,28-52,60,62-72H,10-24H2,1-8H3,(H,73,74)/t25-,28-,29+,30+,31+,32+,33?,34?,35-,36-,37-,38+,39-,40-,41+,42+,43+,44-,45-,46+,47+,48-,49-,50-,51-,52-,55-,56-,57+,58+,59-/m1/s1. The van der Waals surface area contributed by atoms with Crippen molar-refractivity contribution in [1.82, 2.24) is 0 Å². The Balaban J connectivity index is 0.899. The Kier molecular flexibility index (Phi) is 18.9. The summed E-state index contributed by atoms with van der Waals surface area (Å²) in [6.45, 7) is 13.7. The van der Waals surface area contributed by atoms with E-state index in [4.69, 9.17) is 52.1 Å². The molecule has 5 saturated heterocycles. The first-order valence-electron chi connectivity index (χ1n) is 30.5. The molecule has 0 aromatic rings. The Morgan fingerprint density at radius 2 is 1.19 bits per heavy atom. The average molecular weight is 1220 g/mol. The van der Waals surface area contributed by atoms with Crippen LogP contribution in [0.5, 0.6) is 0 Å². The monoisotopic (exact) mass is 1220 g/mol. The second-order valence-electron chi connectivity index (χ2n) is 28.2. The van der Waals surface area contributed by atoms with Crippen LogP contribution >= 0.6 is 0 Å². The van der Waals surface area contributed by atoms with Crippen LogP contribution in [0.15, 0.2) is 11.6 Å². The number of esters is 1. The topological polar surface area (TPSA) is 399 Å². The molecule has 10 rings (SSSR count). The van der Waals surface area contributed by atoms with Gasteiger partial charge in [-0.2, -0.15) is 0 Å². The van der Waals surface area contributed by atoms with E-state index in [2.05, 4.69) is 40.7 Å². The smallest absolute Gasteiger partial charge is 0.310 e. The number of fused-ring (bicyclic) bond motifs is 7. The molecule has 5 aliphatic heterocycles. The maximum atomic E-state index is 13.3. The molecule has 0 aromatic carbocycles. The molecule has 31 atom stereocenters. The van der Waals surface area contributed by atoms with Gasteiger partial charge in [0.1, 0.15) is 91.6 Å². The van der Waals surface area contributed by atoms with Crippen LogP contribution in [0.1, 0.15) is 120 Å². The highest BCUT2D eigenvalue weighted by Gasteiger charge is 2.70. The molecule has 5 aliphatic carbocycles. The minimum Gasteiger partial charge on any atom is -0.481 e. The summed E-state index contributed by atoms with van der Waals surface area (Å²) in [5, 5.41) is 145. The van der Waals surface area contributed by atoms with Gasteiger partial charge in [0.15, 0.2) is 37.6 Å². The summed E-state index contributed by atoms with van der Waals surface area (Å²) >= 11 is 0. The number of hydrogen-bond acceptors (Lipinski definition) is 25. The van der Waals surface area contributed by atoms with Crippen molar-refractivity contribution in [3.05, 3.63) is 11.6 Å². The number of ether oxygens (including phenoxy) is 11. The molecule has 0 radical (unpaired) electrons. The molecule has 13 N–H and O–H groups in total. The number of aliphatic hydroxyl groups is 12. The molecule has 0 bridgehead atoms. The number of hydrogen-bond donors (Lipinski definition) is 13. The number of carbonyl (C=O) groups is 2. The molecule has 26 nitrogen and oxygen atoms in total. The summed E-state index contributed by atoms with van der Waals surface area (Å²) in [6.07, 6.45) is -27.9. The van der Waals surface area contributed by atoms with Crippen LogP contribution in [0, 0.1) is 50.2 Å². The normalized spacial score (nSPS) is 53.4. The number of aliphatic carboxylic acids is 1. The molecule has 2 unspecified atom stereocenters. The van der Waals surface area contributed by atoms with E-state index in [1.807, 2.05) is 6.92 Å². The molecule has 9 fully saturated rings. The maximum absolute atomic E-state index is 13.3. The number of allylic oxidation sites excluding steroid dienone is 2. The van der Waals surface area contributed by atoms with E-state index < -0.39 is 191 Å². The van der Waals surface area contributed by atoms with Crippen LogP contribution in [0.4, 0.5) is 0 Å². The van der Waals surface area contributed by atoms with Crippen molar-refractivity contribution >= 4 is 11.9 Å². The Labute approximate surface area is 494 Å². The average Bonchev–Trinajstić information content (AvgIpc) is 0.763. The summed E-state index contributed by atoms with van der Waals surface area (Å²) in [4.78, 5) is 25.0. The third-order valence-corrected chi connectivity index (χ3v) is 22.8. The molecule has 4 saturated carbocycles. The first-order chi connectivity index (χ1) is 39.9. The number of aliphatic hydroxyl groups excluding tert-OH is 12. The minimum absolute atomic E-state index is 0.00656. The van der Waals surface area contributed by atoms with Crippen LogP contribution in [-0.2, 0) is 61.7 Å². The zero-order chi connectivity index (χ0) is 61.8. The fourth-order valence-corrected chi connectivity index (χ4v) is 17.5. The second kappa shape index (κ2) is 24.4. The largest absolute Gasteiger partial charge is 0.481 e. The maximum Gasteiger partial charge on any atom is 0.310 e. The molecular formula is C59H94O26. The predicted octanol–water partition coefficient (Wildman–Crippen LogP) is -1.16. The lowest BCUT2D eigenvalue weighted by atomic mass is 9.33. The van der Waals surface area contributed by atoms with Crippen LogP contribution in [0.2, 0.25) is 0 Å². The zero-order valence-electron chi connectivity index (χ0n) is 49.8. The van der Waals surface area contributed by atoms with Crippen molar-refractivity contribution in [1.29, 1.82) is 0 Å². The van der Waals surface area contributed by atoms with Gasteiger partial charge in [0.2, 0.25) is 0 Å². The Morgan fingerprint density at radius 1 is 0.588 bits per heavy atom. The van der Waals surface area contributed by atoms with Crippen molar-refractivity contribution in [2.75, 3.05) is 33.0 Å². The van der Waals surface area contributed by atoms with Crippen molar-refractivity contribution < 1.29 is 128 Å². The van der Waals surface area contributed by atoms with Gasteiger partial charge >= 0.3 is 11.9 Å². The SMILES string of the molecule is CC(=O)O[C@H]1[C@H](O)[C@@H](O[C@H]2[C@H](O)[C@H](O)[C@@H](O[C@@H]3[C@@H](O[C@@H]4[C@@H](O[C@@H]5CC[C@@]6(C)C7CC=C8[C@H]9CC(C)(C)CC[C@@]9(C(=O)O)CC[C@]8(C)[C@@]7(C)CCC6[C@@]5(C)CO)O[C@@H](CO[C@H]5OC[C@H](O)[C@@H](O)[C@@H]5O)[C@H](O)[C@H]4O)OC[C@H](O)[C@H]3O)O[C@@H]2C)OC[C@@H]1O. The summed E-state index contributed by atoms with van der Waals surface area (Å²) in [5.41, 5.74) is -1.37. The highest BCUT2D eigenvalue weighted by Crippen LogP contribution is 2.76. The van der Waals surface area contributed by atoms with E-state index in [9.17, 15) is 76.0 Å². The van der Waals surface area contributed by atoms with Crippen LogP contribution in [0.25, 0.3) is 0 Å². The number of carbonyl (C=O) groups excluding carboxylic acids is 1.